The molecule has 3 heterocycles. The van der Waals surface area contributed by atoms with E-state index in [0.717, 1.165) is 38.8 Å². The molecule has 0 saturated carbocycles. The Morgan fingerprint density at radius 1 is 0.364 bits per heavy atom. The van der Waals surface area contributed by atoms with Gasteiger partial charge in [0, 0.05) is 43.4 Å². The predicted octanol–water partition coefficient (Wildman–Crippen LogP) is 14.3. The smallest absolute Gasteiger partial charge is 0.159 e. The molecular formula is C52H32N2O. The van der Waals surface area contributed by atoms with Crippen LogP contribution in [0.4, 0.5) is 0 Å². The lowest BCUT2D eigenvalue weighted by atomic mass is 9.97. The fourth-order valence-corrected chi connectivity index (χ4v) is 9.08. The van der Waals surface area contributed by atoms with Crippen LogP contribution in [0.5, 0.6) is 0 Å². The molecule has 3 heteroatoms. The number of hydrogen-bond acceptors (Lipinski definition) is 1. The second-order valence-electron chi connectivity index (χ2n) is 14.5. The number of fused-ring (bicyclic) bond motifs is 11. The highest BCUT2D eigenvalue weighted by Crippen LogP contribution is 2.43. The van der Waals surface area contributed by atoms with E-state index in [0.29, 0.717) is 0 Å². The second kappa shape index (κ2) is 11.6. The first-order valence-corrected chi connectivity index (χ1v) is 18.9. The number of benzene rings is 9. The maximum atomic E-state index is 6.64. The highest BCUT2D eigenvalue weighted by molar-refractivity contribution is 6.21. The van der Waals surface area contributed by atoms with Gasteiger partial charge in [-0.3, -0.25) is 0 Å². The van der Waals surface area contributed by atoms with Gasteiger partial charge in [0.25, 0.3) is 0 Å². The van der Waals surface area contributed by atoms with Crippen molar-refractivity contribution in [1.82, 2.24) is 9.13 Å². The number of nitrogens with zero attached hydrogens (tertiary/aromatic N) is 2. The topological polar surface area (TPSA) is 23.0 Å². The van der Waals surface area contributed by atoms with Gasteiger partial charge in [-0.05, 0) is 82.2 Å². The van der Waals surface area contributed by atoms with E-state index < -0.39 is 0 Å². The summed E-state index contributed by atoms with van der Waals surface area (Å²) >= 11 is 0. The lowest BCUT2D eigenvalue weighted by Crippen LogP contribution is -1.95. The summed E-state index contributed by atoms with van der Waals surface area (Å²) in [4.78, 5) is 0. The molecule has 3 aromatic heterocycles. The van der Waals surface area contributed by atoms with Crippen molar-refractivity contribution >= 4 is 76.3 Å². The van der Waals surface area contributed by atoms with Crippen molar-refractivity contribution in [2.75, 3.05) is 0 Å². The zero-order chi connectivity index (χ0) is 36.0. The summed E-state index contributed by atoms with van der Waals surface area (Å²) in [6.07, 6.45) is 0. The largest absolute Gasteiger partial charge is 0.454 e. The molecule has 0 amide bonds. The van der Waals surface area contributed by atoms with Crippen molar-refractivity contribution in [1.29, 1.82) is 0 Å². The highest BCUT2D eigenvalue weighted by atomic mass is 16.3. The van der Waals surface area contributed by atoms with Crippen LogP contribution in [0.15, 0.2) is 199 Å². The van der Waals surface area contributed by atoms with Crippen LogP contribution < -0.4 is 0 Å². The average Bonchev–Trinajstić information content (AvgIpc) is 3.92. The van der Waals surface area contributed by atoms with Gasteiger partial charge >= 0.3 is 0 Å². The SMILES string of the molecule is c1ccc(-c2cccc3c2c2cc(-c4ccc5c(c4)c4ccc6ccccc6c4n5-c4cccc5c4oc4ccccc45)ccc2n3-c2ccccc2)cc1. The first-order chi connectivity index (χ1) is 27.3. The Labute approximate surface area is 316 Å². The molecule has 0 unspecified atom stereocenters. The van der Waals surface area contributed by atoms with Crippen LogP contribution in [0.3, 0.4) is 0 Å². The zero-order valence-corrected chi connectivity index (χ0v) is 29.8. The second-order valence-corrected chi connectivity index (χ2v) is 14.5. The van der Waals surface area contributed by atoms with Crippen LogP contribution in [0.1, 0.15) is 0 Å². The van der Waals surface area contributed by atoms with Crippen LogP contribution >= 0.6 is 0 Å². The van der Waals surface area contributed by atoms with Gasteiger partial charge in [0.05, 0.1) is 27.8 Å². The van der Waals surface area contributed by atoms with Crippen LogP contribution in [0.2, 0.25) is 0 Å². The highest BCUT2D eigenvalue weighted by Gasteiger charge is 2.21. The molecule has 0 fully saturated rings. The Balaban J connectivity index is 1.14. The van der Waals surface area contributed by atoms with E-state index >= 15 is 0 Å². The Kier molecular flexibility index (Phi) is 6.34. The first-order valence-electron chi connectivity index (χ1n) is 18.9. The molecule has 0 bridgehead atoms. The fraction of sp³-hybridized carbons (Fsp3) is 0. The Morgan fingerprint density at radius 2 is 1.04 bits per heavy atom. The quantitative estimate of drug-likeness (QED) is 0.179. The van der Waals surface area contributed by atoms with Crippen LogP contribution in [-0.2, 0) is 0 Å². The van der Waals surface area contributed by atoms with E-state index in [9.17, 15) is 0 Å². The molecule has 0 aliphatic heterocycles. The van der Waals surface area contributed by atoms with E-state index in [1.165, 1.54) is 71.1 Å². The minimum absolute atomic E-state index is 0.897. The molecule has 12 aromatic rings. The van der Waals surface area contributed by atoms with Crippen LogP contribution in [0.25, 0.3) is 110 Å². The van der Waals surface area contributed by atoms with E-state index in [1.807, 2.05) is 6.07 Å². The van der Waals surface area contributed by atoms with Crippen molar-refractivity contribution in [3.63, 3.8) is 0 Å². The lowest BCUT2D eigenvalue weighted by Gasteiger charge is -2.11. The van der Waals surface area contributed by atoms with Gasteiger partial charge in [0.1, 0.15) is 5.58 Å². The third kappa shape index (κ3) is 4.38. The molecule has 12 rings (SSSR count). The molecule has 55 heavy (non-hydrogen) atoms. The molecule has 0 atom stereocenters. The summed E-state index contributed by atoms with van der Waals surface area (Å²) in [5.41, 5.74) is 13.5. The maximum Gasteiger partial charge on any atom is 0.159 e. The summed E-state index contributed by atoms with van der Waals surface area (Å²) in [6.45, 7) is 0. The van der Waals surface area contributed by atoms with E-state index in [2.05, 4.69) is 197 Å². The number of hydrogen-bond donors (Lipinski definition) is 0. The summed E-state index contributed by atoms with van der Waals surface area (Å²) in [5.74, 6) is 0. The molecule has 256 valence electrons. The number of para-hydroxylation sites is 3. The van der Waals surface area contributed by atoms with E-state index in [1.54, 1.807) is 0 Å². The maximum absolute atomic E-state index is 6.64. The van der Waals surface area contributed by atoms with E-state index in [-0.39, 0.29) is 0 Å². The zero-order valence-electron chi connectivity index (χ0n) is 29.8. The Hall–Kier alpha value is -7.36. The average molecular weight is 701 g/mol. The van der Waals surface area contributed by atoms with Crippen LogP contribution in [0, 0.1) is 0 Å². The van der Waals surface area contributed by atoms with Crippen molar-refractivity contribution in [3.05, 3.63) is 194 Å². The minimum atomic E-state index is 0.897. The van der Waals surface area contributed by atoms with Gasteiger partial charge in [-0.15, -0.1) is 0 Å². The molecule has 0 radical (unpaired) electrons. The molecule has 0 aliphatic rings. The molecular weight excluding hydrogens is 669 g/mol. The van der Waals surface area contributed by atoms with Gasteiger partial charge < -0.3 is 13.6 Å². The summed E-state index contributed by atoms with van der Waals surface area (Å²) in [7, 11) is 0. The van der Waals surface area contributed by atoms with Crippen molar-refractivity contribution in [3.8, 4) is 33.6 Å². The molecule has 0 N–H and O–H groups in total. The van der Waals surface area contributed by atoms with Gasteiger partial charge in [-0.25, -0.2) is 0 Å². The molecule has 0 spiro atoms. The van der Waals surface area contributed by atoms with Crippen molar-refractivity contribution < 1.29 is 4.42 Å². The van der Waals surface area contributed by atoms with Crippen LogP contribution in [-0.4, -0.2) is 9.13 Å². The minimum Gasteiger partial charge on any atom is -0.454 e. The first kappa shape index (κ1) is 30.1. The van der Waals surface area contributed by atoms with Crippen molar-refractivity contribution in [2.24, 2.45) is 0 Å². The molecule has 9 aromatic carbocycles. The van der Waals surface area contributed by atoms with Gasteiger partial charge in [-0.2, -0.15) is 0 Å². The molecule has 0 aliphatic carbocycles. The summed E-state index contributed by atoms with van der Waals surface area (Å²) < 4.78 is 11.5. The monoisotopic (exact) mass is 700 g/mol. The summed E-state index contributed by atoms with van der Waals surface area (Å²) in [5, 5.41) is 9.61. The molecule has 0 saturated heterocycles. The number of aromatic nitrogens is 2. The van der Waals surface area contributed by atoms with E-state index in [4.69, 9.17) is 4.42 Å². The fourth-order valence-electron chi connectivity index (χ4n) is 9.08. The standard InChI is InChI=1S/C52H32N2O/c1-3-13-33(14-4-1)38-20-11-22-47-50(38)44-32-36(27-30-46(44)53(47)37-16-5-2-6-17-37)35-26-29-45-43(31-35)41-28-25-34-15-7-8-18-39(34)51(41)54(45)48-23-12-21-42-40-19-9-10-24-49(40)55-52(42)48/h1-32H. The summed E-state index contributed by atoms with van der Waals surface area (Å²) in [6, 6.07) is 70.2. The van der Waals surface area contributed by atoms with Gasteiger partial charge in [0.2, 0.25) is 0 Å². The third-order valence-electron chi connectivity index (χ3n) is 11.5. The molecule has 3 nitrogen and oxygen atoms in total. The number of rotatable bonds is 4. The van der Waals surface area contributed by atoms with Gasteiger partial charge in [-0.1, -0.05) is 140 Å². The lowest BCUT2D eigenvalue weighted by molar-refractivity contribution is 0.666. The third-order valence-corrected chi connectivity index (χ3v) is 11.5. The van der Waals surface area contributed by atoms with Gasteiger partial charge in [0.15, 0.2) is 5.58 Å². The normalized spacial score (nSPS) is 12.0. The number of furan rings is 1. The Bertz CT molecular complexity index is 3470. The van der Waals surface area contributed by atoms with Crippen molar-refractivity contribution in [2.45, 2.75) is 0 Å². The Morgan fingerprint density at radius 3 is 1.87 bits per heavy atom. The predicted molar refractivity (Wildman–Crippen MR) is 231 cm³/mol.